The number of non-ortho nitro benzene ring substituents is 1. The molecule has 0 unspecified atom stereocenters. The fourth-order valence-electron chi connectivity index (χ4n) is 4.10. The van der Waals surface area contributed by atoms with E-state index in [9.17, 15) is 14.9 Å². The molecule has 0 spiro atoms. The van der Waals surface area contributed by atoms with Crippen LogP contribution >= 0.6 is 0 Å². The van der Waals surface area contributed by atoms with Crippen LogP contribution in [0.15, 0.2) is 114 Å². The normalized spacial score (nSPS) is 15.0. The molecule has 3 aromatic carbocycles. The van der Waals surface area contributed by atoms with E-state index < -0.39 is 0 Å². The number of rotatable bonds is 7. The van der Waals surface area contributed by atoms with E-state index in [-0.39, 0.29) is 22.6 Å². The molecular weight excluding hydrogens is 468 g/mol. The number of nitro benzene ring substituents is 1. The lowest BCUT2D eigenvalue weighted by atomic mass is 9.98. The second-order valence-corrected chi connectivity index (χ2v) is 8.36. The first-order valence-corrected chi connectivity index (χ1v) is 11.6. The van der Waals surface area contributed by atoms with Gasteiger partial charge < -0.3 is 0 Å². The van der Waals surface area contributed by atoms with Gasteiger partial charge in [0.1, 0.15) is 0 Å². The Morgan fingerprint density at radius 1 is 1.03 bits per heavy atom. The molecule has 2 heterocycles. The molecule has 182 valence electrons. The van der Waals surface area contributed by atoms with Gasteiger partial charge in [-0.2, -0.15) is 10.2 Å². The van der Waals surface area contributed by atoms with Gasteiger partial charge in [0.05, 0.1) is 34.1 Å². The van der Waals surface area contributed by atoms with Crippen molar-refractivity contribution in [2.24, 2.45) is 10.2 Å². The van der Waals surface area contributed by atoms with Crippen molar-refractivity contribution in [3.63, 3.8) is 0 Å². The minimum atomic E-state index is -0.386. The molecule has 1 N–H and O–H groups in total. The predicted octanol–water partition coefficient (Wildman–Crippen LogP) is 5.11. The summed E-state index contributed by atoms with van der Waals surface area (Å²) in [5.41, 5.74) is 7.30. The SMILES string of the molecule is O=C(N/N=C\c1ccc(N2N=C(c3ccccc3)C[C@@H]2c2cccc([N+](=O)[O-])c2)cc1)c1cccnc1. The highest BCUT2D eigenvalue weighted by Crippen LogP contribution is 2.37. The topological polar surface area (TPSA) is 113 Å². The smallest absolute Gasteiger partial charge is 0.267 e. The van der Waals surface area contributed by atoms with Crippen molar-refractivity contribution in [3.8, 4) is 0 Å². The Morgan fingerprint density at radius 2 is 1.84 bits per heavy atom. The predicted molar refractivity (Wildman–Crippen MR) is 142 cm³/mol. The number of nitrogens with one attached hydrogen (secondary N) is 1. The van der Waals surface area contributed by atoms with Gasteiger partial charge in [-0.05, 0) is 41.0 Å². The quantitative estimate of drug-likeness (QED) is 0.220. The van der Waals surface area contributed by atoms with E-state index in [4.69, 9.17) is 5.10 Å². The minimum Gasteiger partial charge on any atom is -0.267 e. The van der Waals surface area contributed by atoms with Crippen LogP contribution in [0.4, 0.5) is 11.4 Å². The number of nitrogens with zero attached hydrogens (tertiary/aromatic N) is 5. The first kappa shape index (κ1) is 23.6. The van der Waals surface area contributed by atoms with Gasteiger partial charge in [0.25, 0.3) is 11.6 Å². The van der Waals surface area contributed by atoms with Gasteiger partial charge in [0.15, 0.2) is 0 Å². The van der Waals surface area contributed by atoms with Gasteiger partial charge >= 0.3 is 0 Å². The van der Waals surface area contributed by atoms with Crippen LogP contribution in [0.3, 0.4) is 0 Å². The van der Waals surface area contributed by atoms with Crippen LogP contribution in [0, 0.1) is 10.1 Å². The second kappa shape index (κ2) is 10.6. The lowest BCUT2D eigenvalue weighted by Crippen LogP contribution is -2.19. The molecule has 1 aliphatic rings. The molecule has 1 aliphatic heterocycles. The van der Waals surface area contributed by atoms with Gasteiger partial charge in [0.2, 0.25) is 0 Å². The Hall–Kier alpha value is -5.18. The average molecular weight is 491 g/mol. The van der Waals surface area contributed by atoms with Crippen LogP contribution in [0.25, 0.3) is 0 Å². The van der Waals surface area contributed by atoms with Crippen LogP contribution in [0.5, 0.6) is 0 Å². The minimum absolute atomic E-state index is 0.0468. The molecule has 0 bridgehead atoms. The number of nitro groups is 1. The van der Waals surface area contributed by atoms with Crippen molar-refractivity contribution in [2.75, 3.05) is 5.01 Å². The fraction of sp³-hybridized carbons (Fsp3) is 0.0714. The molecule has 1 atom stereocenters. The Morgan fingerprint density at radius 3 is 2.57 bits per heavy atom. The van der Waals surface area contributed by atoms with Gasteiger partial charge in [-0.25, -0.2) is 5.43 Å². The van der Waals surface area contributed by atoms with Crippen LogP contribution in [-0.4, -0.2) is 27.7 Å². The van der Waals surface area contributed by atoms with E-state index >= 15 is 0 Å². The summed E-state index contributed by atoms with van der Waals surface area (Å²) in [4.78, 5) is 27.0. The summed E-state index contributed by atoms with van der Waals surface area (Å²) >= 11 is 0. The first-order valence-electron chi connectivity index (χ1n) is 11.6. The lowest BCUT2D eigenvalue weighted by Gasteiger charge is -2.24. The van der Waals surface area contributed by atoms with Crippen molar-refractivity contribution in [3.05, 3.63) is 136 Å². The van der Waals surface area contributed by atoms with Crippen molar-refractivity contribution in [1.29, 1.82) is 0 Å². The van der Waals surface area contributed by atoms with E-state index in [0.29, 0.717) is 12.0 Å². The molecule has 9 nitrogen and oxygen atoms in total. The molecule has 1 aromatic heterocycles. The number of hydrazone groups is 2. The average Bonchev–Trinajstić information content (AvgIpc) is 3.40. The van der Waals surface area contributed by atoms with Crippen LogP contribution in [0.1, 0.15) is 39.5 Å². The van der Waals surface area contributed by atoms with Gasteiger partial charge in [0, 0.05) is 30.9 Å². The standard InChI is InChI=1S/C28H22N6O3/c35-28(23-9-5-15-29-19-23)31-30-18-20-11-13-24(14-12-20)33-27(22-8-4-10-25(16-22)34(36)37)17-26(32-33)21-6-2-1-3-7-21/h1-16,18-19,27H,17H2,(H,31,35)/b30-18-/t27-/m1/s1. The molecule has 5 rings (SSSR count). The molecule has 1 amide bonds. The number of aromatic nitrogens is 1. The van der Waals surface area contributed by atoms with E-state index in [2.05, 4.69) is 15.5 Å². The summed E-state index contributed by atoms with van der Waals surface area (Å²) in [7, 11) is 0. The number of benzene rings is 3. The molecule has 9 heteroatoms. The summed E-state index contributed by atoms with van der Waals surface area (Å²) < 4.78 is 0. The van der Waals surface area contributed by atoms with Crippen LogP contribution in [-0.2, 0) is 0 Å². The second-order valence-electron chi connectivity index (χ2n) is 8.36. The maximum atomic E-state index is 12.1. The van der Waals surface area contributed by atoms with E-state index in [1.165, 1.54) is 12.3 Å². The summed E-state index contributed by atoms with van der Waals surface area (Å²) in [6.45, 7) is 0. The summed E-state index contributed by atoms with van der Waals surface area (Å²) in [6, 6.07) is 27.3. The number of hydrogen-bond acceptors (Lipinski definition) is 7. The van der Waals surface area contributed by atoms with Gasteiger partial charge in [-0.3, -0.25) is 24.9 Å². The number of carbonyl (C=O) groups excluding carboxylic acids is 1. The highest BCUT2D eigenvalue weighted by Gasteiger charge is 2.30. The third kappa shape index (κ3) is 5.40. The van der Waals surface area contributed by atoms with E-state index in [0.717, 1.165) is 28.1 Å². The number of hydrogen-bond donors (Lipinski definition) is 1. The van der Waals surface area contributed by atoms with Crippen molar-refractivity contribution >= 4 is 29.2 Å². The number of pyridine rings is 1. The van der Waals surface area contributed by atoms with Crippen molar-refractivity contribution < 1.29 is 9.72 Å². The zero-order chi connectivity index (χ0) is 25.6. The van der Waals surface area contributed by atoms with Gasteiger partial charge in [-0.1, -0.05) is 54.6 Å². The Balaban J connectivity index is 1.38. The summed E-state index contributed by atoms with van der Waals surface area (Å²) in [6.07, 6.45) is 5.23. The lowest BCUT2D eigenvalue weighted by molar-refractivity contribution is -0.384. The number of amides is 1. The first-order chi connectivity index (χ1) is 18.1. The molecule has 0 saturated carbocycles. The Bertz CT molecular complexity index is 1470. The van der Waals surface area contributed by atoms with E-state index in [1.54, 1.807) is 36.7 Å². The Kier molecular flexibility index (Phi) is 6.76. The van der Waals surface area contributed by atoms with Gasteiger partial charge in [-0.15, -0.1) is 0 Å². The van der Waals surface area contributed by atoms with Crippen molar-refractivity contribution in [2.45, 2.75) is 12.5 Å². The molecular formula is C28H22N6O3. The largest absolute Gasteiger partial charge is 0.272 e. The number of carbonyl (C=O) groups is 1. The molecule has 0 fully saturated rings. The monoisotopic (exact) mass is 490 g/mol. The van der Waals surface area contributed by atoms with Crippen molar-refractivity contribution in [1.82, 2.24) is 10.4 Å². The zero-order valence-electron chi connectivity index (χ0n) is 19.6. The fourth-order valence-corrected chi connectivity index (χ4v) is 4.10. The van der Waals surface area contributed by atoms with Crippen LogP contribution < -0.4 is 10.4 Å². The molecule has 4 aromatic rings. The molecule has 0 saturated heterocycles. The Labute approximate surface area is 212 Å². The summed E-state index contributed by atoms with van der Waals surface area (Å²) in [5, 5.41) is 22.2. The third-order valence-electron chi connectivity index (χ3n) is 5.94. The third-order valence-corrected chi connectivity index (χ3v) is 5.94. The van der Waals surface area contributed by atoms with E-state index in [1.807, 2.05) is 65.7 Å². The molecule has 0 radical (unpaired) electrons. The molecule has 0 aliphatic carbocycles. The highest BCUT2D eigenvalue weighted by atomic mass is 16.6. The maximum Gasteiger partial charge on any atom is 0.272 e. The van der Waals surface area contributed by atoms with Crippen LogP contribution in [0.2, 0.25) is 0 Å². The number of anilines is 1. The summed E-state index contributed by atoms with van der Waals surface area (Å²) in [5.74, 6) is -0.347. The zero-order valence-corrected chi connectivity index (χ0v) is 19.6. The molecule has 37 heavy (non-hydrogen) atoms. The maximum absolute atomic E-state index is 12.1. The highest BCUT2D eigenvalue weighted by molar-refractivity contribution is 6.03.